The number of fused-ring (bicyclic) bond motifs is 1. The van der Waals surface area contributed by atoms with Crippen LogP contribution in [0.3, 0.4) is 0 Å². The number of nitrogens with one attached hydrogen (secondary N) is 1. The predicted molar refractivity (Wildman–Crippen MR) is 75.5 cm³/mol. The SMILES string of the molecule is O=c1[nH]c(=O)n(C[C@@H](S)CS)c2ccccc12. The molecule has 0 unspecified atom stereocenters. The van der Waals surface area contributed by atoms with Gasteiger partial charge in [0.1, 0.15) is 0 Å². The smallest absolute Gasteiger partial charge is 0.292 e. The van der Waals surface area contributed by atoms with Crippen LogP contribution in [0, 0.1) is 0 Å². The second-order valence-electron chi connectivity index (χ2n) is 3.72. The van der Waals surface area contributed by atoms with E-state index >= 15 is 0 Å². The number of H-pyrrole nitrogens is 1. The van der Waals surface area contributed by atoms with Gasteiger partial charge in [-0.1, -0.05) is 12.1 Å². The molecule has 0 spiro atoms. The van der Waals surface area contributed by atoms with Gasteiger partial charge < -0.3 is 0 Å². The molecule has 0 bridgehead atoms. The van der Waals surface area contributed by atoms with Crippen LogP contribution >= 0.6 is 25.3 Å². The molecule has 6 heteroatoms. The standard InChI is InChI=1S/C11H12N2O2S2/c14-10-8-3-1-2-4-9(8)13(11(15)12-10)5-7(17)6-16/h1-4,7,16-17H,5-6H2,(H,12,14,15)/t7-/m1/s1. The highest BCUT2D eigenvalue weighted by Crippen LogP contribution is 2.09. The average Bonchev–Trinajstić information content (AvgIpc) is 2.34. The molecule has 1 heterocycles. The highest BCUT2D eigenvalue weighted by atomic mass is 32.1. The molecule has 17 heavy (non-hydrogen) atoms. The van der Waals surface area contributed by atoms with Crippen LogP contribution in [0.15, 0.2) is 33.9 Å². The highest BCUT2D eigenvalue weighted by molar-refractivity contribution is 7.84. The van der Waals surface area contributed by atoms with E-state index in [9.17, 15) is 9.59 Å². The van der Waals surface area contributed by atoms with Crippen LogP contribution in [0.25, 0.3) is 10.9 Å². The van der Waals surface area contributed by atoms with Crippen LogP contribution in [0.1, 0.15) is 0 Å². The minimum atomic E-state index is -0.408. The Balaban J connectivity index is 2.70. The average molecular weight is 268 g/mol. The second-order valence-corrected chi connectivity index (χ2v) is 4.82. The fraction of sp³-hybridized carbons (Fsp3) is 0.273. The molecule has 1 N–H and O–H groups in total. The van der Waals surface area contributed by atoms with Gasteiger partial charge in [-0.3, -0.25) is 14.3 Å². The van der Waals surface area contributed by atoms with Crippen molar-refractivity contribution in [2.75, 3.05) is 5.75 Å². The fourth-order valence-corrected chi connectivity index (χ4v) is 1.97. The minimum Gasteiger partial charge on any atom is -0.292 e. The maximum atomic E-state index is 11.8. The van der Waals surface area contributed by atoms with E-state index < -0.39 is 5.69 Å². The molecule has 0 aliphatic heterocycles. The van der Waals surface area contributed by atoms with Crippen LogP contribution < -0.4 is 11.2 Å². The minimum absolute atomic E-state index is 0.0367. The van der Waals surface area contributed by atoms with Crippen molar-refractivity contribution < 1.29 is 0 Å². The van der Waals surface area contributed by atoms with Gasteiger partial charge in [-0.05, 0) is 12.1 Å². The summed E-state index contributed by atoms with van der Waals surface area (Å²) in [5, 5.41) is 0.470. The lowest BCUT2D eigenvalue weighted by atomic mass is 10.2. The first kappa shape index (κ1) is 12.3. The molecule has 4 nitrogen and oxygen atoms in total. The largest absolute Gasteiger partial charge is 0.328 e. The molecule has 0 radical (unpaired) electrons. The molecule has 0 fully saturated rings. The Bertz CT molecular complexity index is 648. The number of benzene rings is 1. The van der Waals surface area contributed by atoms with Gasteiger partial charge in [0.15, 0.2) is 0 Å². The van der Waals surface area contributed by atoms with Crippen LogP contribution in [0.2, 0.25) is 0 Å². The van der Waals surface area contributed by atoms with Gasteiger partial charge in [-0.25, -0.2) is 4.79 Å². The number of nitrogens with zero attached hydrogens (tertiary/aromatic N) is 1. The maximum absolute atomic E-state index is 11.8. The van der Waals surface area contributed by atoms with Crippen molar-refractivity contribution in [3.8, 4) is 0 Å². The summed E-state index contributed by atoms with van der Waals surface area (Å²) in [6.45, 7) is 0.419. The molecule has 0 aliphatic carbocycles. The van der Waals surface area contributed by atoms with E-state index in [1.54, 1.807) is 24.3 Å². The Kier molecular flexibility index (Phi) is 3.63. The summed E-state index contributed by atoms with van der Waals surface area (Å²) in [4.78, 5) is 25.7. The molecule has 0 amide bonds. The number of hydrogen-bond acceptors (Lipinski definition) is 4. The predicted octanol–water partition coefficient (Wildman–Crippen LogP) is 0.918. The third-order valence-corrected chi connectivity index (χ3v) is 3.58. The summed E-state index contributed by atoms with van der Waals surface area (Å²) < 4.78 is 1.52. The Hall–Kier alpha value is -1.14. The van der Waals surface area contributed by atoms with Crippen molar-refractivity contribution in [2.24, 2.45) is 0 Å². The van der Waals surface area contributed by atoms with E-state index in [1.165, 1.54) is 4.57 Å². The van der Waals surface area contributed by atoms with Crippen LogP contribution in [0.5, 0.6) is 0 Å². The van der Waals surface area contributed by atoms with E-state index in [0.717, 1.165) is 0 Å². The lowest BCUT2D eigenvalue weighted by Crippen LogP contribution is -2.32. The topological polar surface area (TPSA) is 54.9 Å². The maximum Gasteiger partial charge on any atom is 0.328 e. The van der Waals surface area contributed by atoms with Gasteiger partial charge in [0.05, 0.1) is 10.9 Å². The third-order valence-electron chi connectivity index (χ3n) is 2.51. The van der Waals surface area contributed by atoms with Crippen molar-refractivity contribution in [1.29, 1.82) is 0 Å². The zero-order valence-electron chi connectivity index (χ0n) is 8.96. The second kappa shape index (κ2) is 5.01. The number of aromatic nitrogens is 2. The summed E-state index contributed by atoms with van der Waals surface area (Å²) >= 11 is 8.44. The first-order valence-corrected chi connectivity index (χ1v) is 6.29. The van der Waals surface area contributed by atoms with Crippen LogP contribution in [-0.4, -0.2) is 20.6 Å². The lowest BCUT2D eigenvalue weighted by molar-refractivity contribution is 0.676. The summed E-state index contributed by atoms with van der Waals surface area (Å²) in [6.07, 6.45) is 0. The normalized spacial score (nSPS) is 12.8. The number of para-hydroxylation sites is 1. The van der Waals surface area contributed by atoms with Crippen LogP contribution in [-0.2, 0) is 6.54 Å². The quantitative estimate of drug-likeness (QED) is 0.725. The molecule has 90 valence electrons. The molecule has 1 aromatic heterocycles. The van der Waals surface area contributed by atoms with Gasteiger partial charge >= 0.3 is 5.69 Å². The molecule has 0 aliphatic rings. The summed E-state index contributed by atoms with van der Waals surface area (Å²) in [6, 6.07) is 7.01. The molecule has 1 atom stereocenters. The third kappa shape index (κ3) is 2.42. The van der Waals surface area contributed by atoms with Gasteiger partial charge in [0.25, 0.3) is 5.56 Å². The number of thiol groups is 2. The summed E-state index contributed by atoms with van der Waals surface area (Å²) in [7, 11) is 0. The van der Waals surface area contributed by atoms with Crippen molar-refractivity contribution in [1.82, 2.24) is 9.55 Å². The first-order valence-electron chi connectivity index (χ1n) is 5.14. The Morgan fingerprint density at radius 1 is 1.29 bits per heavy atom. The van der Waals surface area contributed by atoms with E-state index in [0.29, 0.717) is 23.2 Å². The van der Waals surface area contributed by atoms with Crippen molar-refractivity contribution in [3.05, 3.63) is 45.1 Å². The Morgan fingerprint density at radius 3 is 2.71 bits per heavy atom. The number of aromatic amines is 1. The van der Waals surface area contributed by atoms with Crippen molar-refractivity contribution in [2.45, 2.75) is 11.8 Å². The molecular weight excluding hydrogens is 256 g/mol. The van der Waals surface area contributed by atoms with Gasteiger partial charge in [-0.15, -0.1) is 0 Å². The van der Waals surface area contributed by atoms with Gasteiger partial charge in [0, 0.05) is 17.5 Å². The van der Waals surface area contributed by atoms with Crippen molar-refractivity contribution in [3.63, 3.8) is 0 Å². The highest BCUT2D eigenvalue weighted by Gasteiger charge is 2.09. The molecule has 1 aromatic carbocycles. The molecule has 2 rings (SSSR count). The molecule has 2 aromatic rings. The van der Waals surface area contributed by atoms with Gasteiger partial charge in [0.2, 0.25) is 0 Å². The van der Waals surface area contributed by atoms with E-state index in [4.69, 9.17) is 0 Å². The monoisotopic (exact) mass is 268 g/mol. The summed E-state index contributed by atoms with van der Waals surface area (Å²) in [5.41, 5.74) is -0.139. The fourth-order valence-electron chi connectivity index (χ4n) is 1.69. The number of hydrogen-bond donors (Lipinski definition) is 3. The summed E-state index contributed by atoms with van der Waals surface area (Å²) in [5.74, 6) is 0.559. The van der Waals surface area contributed by atoms with Crippen molar-refractivity contribution >= 4 is 36.2 Å². The number of rotatable bonds is 3. The Labute approximate surface area is 108 Å². The van der Waals surface area contributed by atoms with E-state index in [2.05, 4.69) is 30.2 Å². The Morgan fingerprint density at radius 2 is 2.00 bits per heavy atom. The zero-order valence-corrected chi connectivity index (χ0v) is 10.7. The van der Waals surface area contributed by atoms with Gasteiger partial charge in [-0.2, -0.15) is 25.3 Å². The zero-order chi connectivity index (χ0) is 12.4. The first-order chi connectivity index (χ1) is 8.13. The van der Waals surface area contributed by atoms with Crippen LogP contribution in [0.4, 0.5) is 0 Å². The lowest BCUT2D eigenvalue weighted by Gasteiger charge is -2.12. The van der Waals surface area contributed by atoms with E-state index in [1.807, 2.05) is 0 Å². The van der Waals surface area contributed by atoms with E-state index in [-0.39, 0.29) is 10.8 Å². The molecule has 0 saturated heterocycles. The molecule has 0 saturated carbocycles. The molecular formula is C11H12N2O2S2.